The van der Waals surface area contributed by atoms with Crippen molar-refractivity contribution in [1.29, 1.82) is 0 Å². The van der Waals surface area contributed by atoms with E-state index in [0.29, 0.717) is 5.56 Å². The number of phenolic OH excluding ortho intramolecular Hbond substituents is 2. The summed E-state index contributed by atoms with van der Waals surface area (Å²) in [5.41, 5.74) is 0.683. The highest BCUT2D eigenvalue weighted by Crippen LogP contribution is 2.55. The zero-order valence-corrected chi connectivity index (χ0v) is 13.8. The molecule has 8 heteroatoms. The first-order chi connectivity index (χ1) is 10.7. The van der Waals surface area contributed by atoms with Gasteiger partial charge in [0.1, 0.15) is 11.5 Å². The minimum absolute atomic E-state index is 0.0406. The Hall–Kier alpha value is -1.79. The second kappa shape index (κ2) is 6.76. The fourth-order valence-electron chi connectivity index (χ4n) is 2.07. The monoisotopic (exact) mass is 354 g/mol. The Morgan fingerprint density at radius 3 is 2.17 bits per heavy atom. The first-order valence-corrected chi connectivity index (χ1v) is 9.62. The average molecular weight is 354 g/mol. The molecule has 0 radical (unpaired) electrons. The number of rotatable bonds is 5. The van der Waals surface area contributed by atoms with Gasteiger partial charge in [-0.05, 0) is 47.3 Å². The topological polar surface area (TPSA) is 115 Å². The first kappa shape index (κ1) is 17.6. The summed E-state index contributed by atoms with van der Waals surface area (Å²) in [5.74, 6) is -1.08. The second-order valence-electron chi connectivity index (χ2n) is 4.94. The summed E-state index contributed by atoms with van der Waals surface area (Å²) in [6.45, 7) is -2.78. The van der Waals surface area contributed by atoms with E-state index >= 15 is 0 Å². The highest BCUT2D eigenvalue weighted by atomic mass is 32.7. The molecule has 0 bridgehead atoms. The lowest BCUT2D eigenvalue weighted by Crippen LogP contribution is -2.10. The van der Waals surface area contributed by atoms with Crippen LogP contribution in [0, 0.1) is 0 Å². The molecule has 2 rings (SSSR count). The van der Waals surface area contributed by atoms with Crippen LogP contribution < -0.4 is 0 Å². The quantitative estimate of drug-likeness (QED) is 0.481. The molecule has 4 N–H and O–H groups in total. The van der Waals surface area contributed by atoms with Crippen molar-refractivity contribution >= 4 is 24.0 Å². The van der Waals surface area contributed by atoms with Gasteiger partial charge in [0, 0.05) is 16.4 Å². The van der Waals surface area contributed by atoms with Crippen LogP contribution in [0.15, 0.2) is 47.4 Å². The van der Waals surface area contributed by atoms with Crippen LogP contribution >= 0.6 is 18.2 Å². The van der Waals surface area contributed by atoms with Gasteiger partial charge in [0.15, 0.2) is 5.78 Å². The molecule has 0 amide bonds. The SMILES string of the molecule is CC(C(=O)c1cc(O)ccc1SP(=O)(O)O)c1ccc(O)cc1. The van der Waals surface area contributed by atoms with Crippen LogP contribution in [0.25, 0.3) is 0 Å². The van der Waals surface area contributed by atoms with Crippen LogP contribution in [-0.4, -0.2) is 25.8 Å². The summed E-state index contributed by atoms with van der Waals surface area (Å²) >= 11 is 0.274. The van der Waals surface area contributed by atoms with Gasteiger partial charge in [-0.15, -0.1) is 0 Å². The third-order valence-corrected chi connectivity index (χ3v) is 5.33. The van der Waals surface area contributed by atoms with Gasteiger partial charge in [-0.3, -0.25) is 4.79 Å². The number of aromatic hydroxyl groups is 2. The molecule has 1 unspecified atom stereocenters. The predicted molar refractivity (Wildman–Crippen MR) is 86.9 cm³/mol. The summed E-state index contributed by atoms with van der Waals surface area (Å²) in [6.07, 6.45) is 0. The summed E-state index contributed by atoms with van der Waals surface area (Å²) in [4.78, 5) is 31.0. The summed E-state index contributed by atoms with van der Waals surface area (Å²) in [5, 5.41) is 18.9. The molecule has 0 fully saturated rings. The first-order valence-electron chi connectivity index (χ1n) is 6.58. The van der Waals surface area contributed by atoms with Gasteiger partial charge >= 0.3 is 6.80 Å². The van der Waals surface area contributed by atoms with Gasteiger partial charge in [-0.1, -0.05) is 19.1 Å². The van der Waals surface area contributed by atoms with Crippen LogP contribution in [-0.2, 0) is 4.57 Å². The van der Waals surface area contributed by atoms with Crippen LogP contribution in [0.2, 0.25) is 0 Å². The molecule has 122 valence electrons. The minimum Gasteiger partial charge on any atom is -0.508 e. The molecule has 0 saturated carbocycles. The smallest absolute Gasteiger partial charge is 0.388 e. The van der Waals surface area contributed by atoms with Crippen molar-refractivity contribution in [2.45, 2.75) is 17.7 Å². The van der Waals surface area contributed by atoms with Crippen LogP contribution in [0.3, 0.4) is 0 Å². The van der Waals surface area contributed by atoms with Crippen molar-refractivity contribution in [3.8, 4) is 11.5 Å². The fourth-order valence-corrected chi connectivity index (χ4v) is 3.96. The molecule has 0 aliphatic rings. The van der Waals surface area contributed by atoms with E-state index in [1.165, 1.54) is 30.3 Å². The van der Waals surface area contributed by atoms with E-state index in [9.17, 15) is 19.6 Å². The maximum absolute atomic E-state index is 12.6. The summed E-state index contributed by atoms with van der Waals surface area (Å²) < 4.78 is 11.2. The van der Waals surface area contributed by atoms with Gasteiger partial charge in [0.05, 0.1) is 0 Å². The second-order valence-corrected chi connectivity index (χ2v) is 8.52. The third-order valence-electron chi connectivity index (χ3n) is 3.23. The largest absolute Gasteiger partial charge is 0.508 e. The molecule has 23 heavy (non-hydrogen) atoms. The third kappa shape index (κ3) is 4.59. The Kier molecular flexibility index (Phi) is 5.16. The molecule has 0 aliphatic heterocycles. The van der Waals surface area contributed by atoms with Crippen molar-refractivity contribution in [3.05, 3.63) is 53.6 Å². The fraction of sp³-hybridized carbons (Fsp3) is 0.133. The Morgan fingerprint density at radius 1 is 1.04 bits per heavy atom. The number of carbonyl (C=O) groups is 1. The lowest BCUT2D eigenvalue weighted by atomic mass is 9.92. The van der Waals surface area contributed by atoms with Gasteiger partial charge in [-0.2, -0.15) is 0 Å². The van der Waals surface area contributed by atoms with Crippen molar-refractivity contribution < 1.29 is 29.4 Å². The van der Waals surface area contributed by atoms with Crippen molar-refractivity contribution in [2.24, 2.45) is 0 Å². The van der Waals surface area contributed by atoms with Crippen molar-refractivity contribution in [3.63, 3.8) is 0 Å². The summed E-state index contributed by atoms with van der Waals surface area (Å²) in [7, 11) is 0. The Morgan fingerprint density at radius 2 is 1.61 bits per heavy atom. The van der Waals surface area contributed by atoms with E-state index < -0.39 is 12.7 Å². The number of Topliss-reactive ketones (excluding diaryl/α,β-unsaturated/α-hetero) is 1. The number of carbonyl (C=O) groups excluding carboxylic acids is 1. The van der Waals surface area contributed by atoms with Crippen molar-refractivity contribution in [2.75, 3.05) is 0 Å². The predicted octanol–water partition coefficient (Wildman–Crippen LogP) is 3.27. The Labute approximate surface area is 136 Å². The molecule has 0 saturated heterocycles. The van der Waals surface area contributed by atoms with Gasteiger partial charge in [0.25, 0.3) is 0 Å². The number of hydrogen-bond acceptors (Lipinski definition) is 5. The Balaban J connectivity index is 2.39. The molecule has 6 nitrogen and oxygen atoms in total. The lowest BCUT2D eigenvalue weighted by Gasteiger charge is -2.14. The molecular weight excluding hydrogens is 339 g/mol. The van der Waals surface area contributed by atoms with Crippen LogP contribution in [0.1, 0.15) is 28.8 Å². The highest BCUT2D eigenvalue weighted by Gasteiger charge is 2.25. The van der Waals surface area contributed by atoms with Crippen molar-refractivity contribution in [1.82, 2.24) is 0 Å². The van der Waals surface area contributed by atoms with E-state index in [-0.39, 0.29) is 39.1 Å². The minimum atomic E-state index is -4.43. The number of ketones is 1. The van der Waals surface area contributed by atoms with E-state index in [0.717, 1.165) is 0 Å². The lowest BCUT2D eigenvalue weighted by molar-refractivity contribution is 0.0963. The van der Waals surface area contributed by atoms with Gasteiger partial charge in [-0.25, -0.2) is 4.57 Å². The number of benzene rings is 2. The molecule has 0 heterocycles. The maximum atomic E-state index is 12.6. The standard InChI is InChI=1S/C15H15O6PS/c1-9(10-2-4-11(16)5-3-10)15(18)13-8-12(17)6-7-14(13)23-22(19,20)21/h2-9,16-17H,1H3,(H2,19,20,21). The molecule has 0 aliphatic carbocycles. The highest BCUT2D eigenvalue weighted by molar-refractivity contribution is 8.54. The zero-order chi connectivity index (χ0) is 17.2. The van der Waals surface area contributed by atoms with E-state index in [2.05, 4.69) is 0 Å². The Bertz CT molecular complexity index is 768. The summed E-state index contributed by atoms with van der Waals surface area (Å²) in [6, 6.07) is 9.85. The molecule has 1 atom stereocenters. The van der Waals surface area contributed by atoms with E-state index in [4.69, 9.17) is 9.79 Å². The normalized spacial score (nSPS) is 12.8. The molecule has 0 spiro atoms. The average Bonchev–Trinajstić information content (AvgIpc) is 2.47. The van der Waals surface area contributed by atoms with Crippen LogP contribution in [0.4, 0.5) is 0 Å². The zero-order valence-electron chi connectivity index (χ0n) is 12.1. The molecule has 2 aromatic rings. The van der Waals surface area contributed by atoms with Gasteiger partial charge < -0.3 is 20.0 Å². The van der Waals surface area contributed by atoms with E-state index in [1.54, 1.807) is 19.1 Å². The molecule has 0 aromatic heterocycles. The van der Waals surface area contributed by atoms with Crippen LogP contribution in [0.5, 0.6) is 11.5 Å². The molecule has 2 aromatic carbocycles. The maximum Gasteiger partial charge on any atom is 0.388 e. The van der Waals surface area contributed by atoms with Gasteiger partial charge in [0.2, 0.25) is 0 Å². The van der Waals surface area contributed by atoms with E-state index in [1.807, 2.05) is 0 Å². The number of hydrogen-bond donors (Lipinski definition) is 4. The molecular formula is C15H15O6PS. The number of phenols is 2.